The van der Waals surface area contributed by atoms with Gasteiger partial charge in [-0.05, 0) is 58.6 Å². The van der Waals surface area contributed by atoms with Gasteiger partial charge in [0.1, 0.15) is 0 Å². The second-order valence-electron chi connectivity index (χ2n) is 5.33. The first-order valence-corrected chi connectivity index (χ1v) is 9.98. The van der Waals surface area contributed by atoms with Crippen LogP contribution in [0.1, 0.15) is 11.1 Å². The fourth-order valence-corrected chi connectivity index (χ4v) is 4.48. The summed E-state index contributed by atoms with van der Waals surface area (Å²) in [7, 11) is -3.64. The average Bonchev–Trinajstić information content (AvgIpc) is 3.10. The van der Waals surface area contributed by atoms with Crippen molar-refractivity contribution < 1.29 is 8.42 Å². The SMILES string of the molecule is Cc1ccc(Cl)cc1S(=O)(=O)NCc1cncc(-c2ccsc2)c1. The number of thiophene rings is 1. The number of sulfonamides is 1. The summed E-state index contributed by atoms with van der Waals surface area (Å²) in [6.07, 6.45) is 3.42. The minimum Gasteiger partial charge on any atom is -0.264 e. The largest absolute Gasteiger partial charge is 0.264 e. The van der Waals surface area contributed by atoms with E-state index >= 15 is 0 Å². The van der Waals surface area contributed by atoms with Crippen LogP contribution in [0.5, 0.6) is 0 Å². The highest BCUT2D eigenvalue weighted by Gasteiger charge is 2.17. The molecule has 0 aliphatic rings. The lowest BCUT2D eigenvalue weighted by Crippen LogP contribution is -2.24. The van der Waals surface area contributed by atoms with Crippen molar-refractivity contribution in [1.29, 1.82) is 0 Å². The van der Waals surface area contributed by atoms with Crippen molar-refractivity contribution in [2.45, 2.75) is 18.4 Å². The minimum atomic E-state index is -3.64. The van der Waals surface area contributed by atoms with Crippen LogP contribution in [-0.2, 0) is 16.6 Å². The van der Waals surface area contributed by atoms with E-state index in [4.69, 9.17) is 11.6 Å². The van der Waals surface area contributed by atoms with E-state index in [1.807, 2.05) is 22.9 Å². The summed E-state index contributed by atoms with van der Waals surface area (Å²) in [5.74, 6) is 0. The topological polar surface area (TPSA) is 59.1 Å². The van der Waals surface area contributed by atoms with Gasteiger partial charge in [-0.2, -0.15) is 11.3 Å². The Morgan fingerprint density at radius 2 is 2.00 bits per heavy atom. The molecule has 1 aromatic carbocycles. The van der Waals surface area contributed by atoms with Crippen LogP contribution in [0, 0.1) is 6.92 Å². The molecule has 0 atom stereocenters. The third-order valence-corrected chi connectivity index (χ3v) is 6.02. The molecule has 0 fully saturated rings. The van der Waals surface area contributed by atoms with Gasteiger partial charge in [0.2, 0.25) is 10.0 Å². The quantitative estimate of drug-likeness (QED) is 0.722. The first-order chi connectivity index (χ1) is 11.5. The molecular weight excluding hydrogens is 364 g/mol. The van der Waals surface area contributed by atoms with E-state index < -0.39 is 10.0 Å². The van der Waals surface area contributed by atoms with Crippen LogP contribution in [0.4, 0.5) is 0 Å². The average molecular weight is 379 g/mol. The molecule has 0 saturated heterocycles. The molecule has 1 N–H and O–H groups in total. The van der Waals surface area contributed by atoms with Crippen molar-refractivity contribution in [2.24, 2.45) is 0 Å². The number of rotatable bonds is 5. The Hall–Kier alpha value is -1.73. The maximum atomic E-state index is 12.5. The third-order valence-electron chi connectivity index (χ3n) is 3.56. The second-order valence-corrected chi connectivity index (χ2v) is 8.28. The minimum absolute atomic E-state index is 0.166. The fourth-order valence-electron chi connectivity index (χ4n) is 2.29. The molecular formula is C17H15ClN2O2S2. The predicted octanol–water partition coefficient (Wildman–Crippen LogP) is 4.25. The summed E-state index contributed by atoms with van der Waals surface area (Å²) in [4.78, 5) is 4.39. The molecule has 0 aliphatic carbocycles. The van der Waals surface area contributed by atoms with Crippen molar-refractivity contribution in [3.63, 3.8) is 0 Å². The van der Waals surface area contributed by atoms with Gasteiger partial charge in [-0.15, -0.1) is 0 Å². The standard InChI is InChI=1S/C17H15ClN2O2S2/c1-12-2-3-16(18)7-17(12)24(21,22)20-9-13-6-15(10-19-8-13)14-4-5-23-11-14/h2-8,10-11,20H,9H2,1H3. The molecule has 124 valence electrons. The maximum Gasteiger partial charge on any atom is 0.241 e. The van der Waals surface area contributed by atoms with E-state index in [0.717, 1.165) is 16.7 Å². The van der Waals surface area contributed by atoms with Gasteiger partial charge in [0.15, 0.2) is 0 Å². The van der Waals surface area contributed by atoms with Crippen LogP contribution in [-0.4, -0.2) is 13.4 Å². The molecule has 2 aromatic heterocycles. The van der Waals surface area contributed by atoms with E-state index in [-0.39, 0.29) is 11.4 Å². The molecule has 0 aliphatic heterocycles. The number of hydrogen-bond donors (Lipinski definition) is 1. The predicted molar refractivity (Wildman–Crippen MR) is 97.8 cm³/mol. The lowest BCUT2D eigenvalue weighted by molar-refractivity contribution is 0.580. The zero-order valence-corrected chi connectivity index (χ0v) is 15.3. The fraction of sp³-hybridized carbons (Fsp3) is 0.118. The molecule has 3 aromatic rings. The van der Waals surface area contributed by atoms with E-state index in [0.29, 0.717) is 10.6 Å². The lowest BCUT2D eigenvalue weighted by atomic mass is 10.1. The van der Waals surface area contributed by atoms with Crippen molar-refractivity contribution >= 4 is 33.0 Å². The van der Waals surface area contributed by atoms with E-state index in [2.05, 4.69) is 9.71 Å². The highest BCUT2D eigenvalue weighted by Crippen LogP contribution is 2.23. The van der Waals surface area contributed by atoms with Gasteiger partial charge in [-0.25, -0.2) is 13.1 Å². The lowest BCUT2D eigenvalue weighted by Gasteiger charge is -2.10. The molecule has 0 radical (unpaired) electrons. The number of nitrogens with zero attached hydrogens (tertiary/aromatic N) is 1. The second kappa shape index (κ2) is 7.03. The third kappa shape index (κ3) is 3.84. The normalized spacial score (nSPS) is 11.6. The van der Waals surface area contributed by atoms with Gasteiger partial charge < -0.3 is 0 Å². The molecule has 24 heavy (non-hydrogen) atoms. The van der Waals surface area contributed by atoms with E-state index in [9.17, 15) is 8.42 Å². The molecule has 3 rings (SSSR count). The first kappa shape index (κ1) is 17.1. The van der Waals surface area contributed by atoms with Gasteiger partial charge in [-0.3, -0.25) is 4.98 Å². The zero-order chi connectivity index (χ0) is 17.2. The number of aryl methyl sites for hydroxylation is 1. The molecule has 0 amide bonds. The van der Waals surface area contributed by atoms with Crippen molar-refractivity contribution in [3.8, 4) is 11.1 Å². The van der Waals surface area contributed by atoms with Crippen molar-refractivity contribution in [1.82, 2.24) is 9.71 Å². The molecule has 0 saturated carbocycles. The summed E-state index contributed by atoms with van der Waals surface area (Å²) in [6.45, 7) is 1.91. The number of aromatic nitrogens is 1. The van der Waals surface area contributed by atoms with Gasteiger partial charge in [0.25, 0.3) is 0 Å². The number of pyridine rings is 1. The summed E-state index contributed by atoms with van der Waals surface area (Å²) < 4.78 is 27.6. The number of halogens is 1. The monoisotopic (exact) mass is 378 g/mol. The van der Waals surface area contributed by atoms with Crippen LogP contribution in [0.3, 0.4) is 0 Å². The van der Waals surface area contributed by atoms with E-state index in [1.165, 1.54) is 6.07 Å². The highest BCUT2D eigenvalue weighted by molar-refractivity contribution is 7.89. The number of hydrogen-bond acceptors (Lipinski definition) is 4. The van der Waals surface area contributed by atoms with Gasteiger partial charge in [0.05, 0.1) is 4.90 Å². The van der Waals surface area contributed by atoms with Gasteiger partial charge in [-0.1, -0.05) is 17.7 Å². The zero-order valence-electron chi connectivity index (χ0n) is 12.9. The first-order valence-electron chi connectivity index (χ1n) is 7.18. The van der Waals surface area contributed by atoms with Crippen LogP contribution >= 0.6 is 22.9 Å². The summed E-state index contributed by atoms with van der Waals surface area (Å²) >= 11 is 7.52. The Kier molecular flexibility index (Phi) is 5.01. The van der Waals surface area contributed by atoms with Crippen LogP contribution in [0.25, 0.3) is 11.1 Å². The smallest absolute Gasteiger partial charge is 0.241 e. The molecule has 0 spiro atoms. The van der Waals surface area contributed by atoms with Gasteiger partial charge in [0, 0.05) is 29.5 Å². The Labute approximate surface area is 150 Å². The van der Waals surface area contributed by atoms with E-state index in [1.54, 1.807) is 42.8 Å². The molecule has 0 bridgehead atoms. The van der Waals surface area contributed by atoms with Crippen LogP contribution in [0.2, 0.25) is 5.02 Å². The summed E-state index contributed by atoms with van der Waals surface area (Å²) in [5, 5.41) is 4.41. The number of nitrogens with one attached hydrogen (secondary N) is 1. The van der Waals surface area contributed by atoms with Crippen LogP contribution < -0.4 is 4.72 Å². The van der Waals surface area contributed by atoms with Crippen molar-refractivity contribution in [3.05, 3.63) is 69.6 Å². The Morgan fingerprint density at radius 1 is 1.17 bits per heavy atom. The van der Waals surface area contributed by atoms with Gasteiger partial charge >= 0.3 is 0 Å². The molecule has 4 nitrogen and oxygen atoms in total. The molecule has 0 unspecified atom stereocenters. The van der Waals surface area contributed by atoms with Crippen LogP contribution in [0.15, 0.2) is 58.4 Å². The highest BCUT2D eigenvalue weighted by atomic mass is 35.5. The number of benzene rings is 1. The van der Waals surface area contributed by atoms with Crippen molar-refractivity contribution in [2.75, 3.05) is 0 Å². The Morgan fingerprint density at radius 3 is 2.75 bits per heavy atom. The maximum absolute atomic E-state index is 12.5. The molecule has 7 heteroatoms. The summed E-state index contributed by atoms with van der Waals surface area (Å²) in [5.41, 5.74) is 3.48. The Bertz CT molecular complexity index is 954. The summed E-state index contributed by atoms with van der Waals surface area (Å²) in [6, 6.07) is 8.76. The molecule has 2 heterocycles. The Balaban J connectivity index is 1.80.